The average molecular weight is 388 g/mol. The van der Waals surface area contributed by atoms with E-state index in [1.807, 2.05) is 0 Å². The molecule has 1 nitrogen and oxygen atoms in total. The summed E-state index contributed by atoms with van der Waals surface area (Å²) in [6.07, 6.45) is 0. The average Bonchev–Trinajstić information content (AvgIpc) is 2.08. The van der Waals surface area contributed by atoms with Crippen molar-refractivity contribution >= 4 is 73.1 Å². The summed E-state index contributed by atoms with van der Waals surface area (Å²) in [7, 11) is -15.9. The van der Waals surface area contributed by atoms with E-state index in [9.17, 15) is 51.8 Å². The Morgan fingerprint density at radius 3 is 0.636 bits per heavy atom. The molecule has 0 aliphatic carbocycles. The van der Waals surface area contributed by atoms with Gasteiger partial charge in [-0.2, -0.15) is 0 Å². The first-order valence-corrected chi connectivity index (χ1v) is 5.11. The number of halogens is 12. The second-order valence-corrected chi connectivity index (χ2v) is 2.97. The molecule has 0 aromatic rings. The third-order valence-corrected chi connectivity index (χ3v) is 1.08. The molecule has 0 aliphatic rings. The first kappa shape index (κ1) is 34.3. The Hall–Kier alpha value is 0.951. The summed E-state index contributed by atoms with van der Waals surface area (Å²) >= 11 is 0. The molecule has 0 heterocycles. The number of nitrogens with zero attached hydrogens (tertiary/aromatic N) is 1. The Morgan fingerprint density at radius 1 is 0.545 bits per heavy atom. The van der Waals surface area contributed by atoms with Gasteiger partial charge in [0.2, 0.25) is 0 Å². The molecule has 17 heteroatoms. The van der Waals surface area contributed by atoms with Crippen LogP contribution >= 0.6 is 0 Å². The molecule has 0 aromatic carbocycles. The molecule has 0 saturated carbocycles. The third-order valence-electron chi connectivity index (χ3n) is 1.08. The van der Waals surface area contributed by atoms with Crippen molar-refractivity contribution in [3.63, 3.8) is 0 Å². The molecule has 0 unspecified atom stereocenters. The molecule has 0 rings (SSSR count). The van der Waals surface area contributed by atoms with Crippen LogP contribution in [0, 0.1) is 0 Å². The number of rotatable bonds is 2. The summed E-state index contributed by atoms with van der Waals surface area (Å²) < 4.78 is 117. The van der Waals surface area contributed by atoms with Gasteiger partial charge in [0.1, 0.15) is 0 Å². The quantitative estimate of drug-likeness (QED) is 0.507. The van der Waals surface area contributed by atoms with Crippen LogP contribution in [0.4, 0.5) is 51.8 Å². The van der Waals surface area contributed by atoms with Crippen LogP contribution in [-0.2, 0) is 0 Å². The van der Waals surface area contributed by atoms with Crippen molar-refractivity contribution in [3.8, 4) is 0 Å². The Morgan fingerprint density at radius 2 is 0.636 bits per heavy atom. The van der Waals surface area contributed by atoms with Crippen LogP contribution in [0.5, 0.6) is 0 Å². The molecule has 0 saturated heterocycles. The van der Waals surface area contributed by atoms with Crippen LogP contribution in [0.25, 0.3) is 0 Å². The Balaban J connectivity index is -0.0000000577. The summed E-state index contributed by atoms with van der Waals surface area (Å²) in [6.45, 7) is 6.64. The van der Waals surface area contributed by atoms with Gasteiger partial charge in [-0.15, -0.1) is 0 Å². The predicted octanol–water partition coefficient (Wildman–Crippen LogP) is 4.21. The van der Waals surface area contributed by atoms with Crippen molar-refractivity contribution in [1.29, 1.82) is 0 Å². The van der Waals surface area contributed by atoms with E-state index in [1.165, 1.54) is 0 Å². The Labute approximate surface area is 162 Å². The van der Waals surface area contributed by atoms with Gasteiger partial charge < -0.3 is 56.7 Å². The first-order valence-electron chi connectivity index (χ1n) is 5.11. The van der Waals surface area contributed by atoms with Gasteiger partial charge in [-0.25, -0.2) is 0 Å². The normalized spacial score (nSPS) is 10.9. The Bertz CT molecular complexity index is 168. The molecule has 0 aliphatic heterocycles. The molecule has 0 amide bonds. The van der Waals surface area contributed by atoms with Crippen molar-refractivity contribution in [3.05, 3.63) is 0 Å². The van der Waals surface area contributed by atoms with Crippen molar-refractivity contribution in [2.24, 2.45) is 0 Å². The molecule has 0 radical (unpaired) electrons. The van der Waals surface area contributed by atoms with Crippen LogP contribution in [-0.4, -0.2) is 98.2 Å². The SMILES string of the molecule is CCN(C)CC.F[B-](F)(F)F.F[B-](F)(F)F.F[B-](F)(F)F.[KH]. The monoisotopic (exact) mass is 388 g/mol. The number of hydrogen-bond donors (Lipinski definition) is 0. The summed E-state index contributed by atoms with van der Waals surface area (Å²) in [5.74, 6) is 0. The van der Waals surface area contributed by atoms with Gasteiger partial charge in [-0.1, -0.05) is 13.8 Å². The fraction of sp³-hybridized carbons (Fsp3) is 1.00. The molecule has 22 heavy (non-hydrogen) atoms. The summed E-state index contributed by atoms with van der Waals surface area (Å²) in [6, 6.07) is 0. The van der Waals surface area contributed by atoms with Crippen molar-refractivity contribution in [2.75, 3.05) is 20.1 Å². The standard InChI is InChI=1S/C5H13N.3BF4.K.H/c1-4-6(3)5-2;3*2-1(3,4)5;;/h4-5H2,1-3H3;;;;;/q;3*-1;;. The molecule has 0 bridgehead atoms. The molecule has 0 aromatic heterocycles. The second kappa shape index (κ2) is 16.8. The van der Waals surface area contributed by atoms with E-state index in [-0.39, 0.29) is 51.4 Å². The molecular weight excluding hydrogens is 374 g/mol. The summed E-state index contributed by atoms with van der Waals surface area (Å²) in [5.41, 5.74) is 0. The van der Waals surface area contributed by atoms with Crippen molar-refractivity contribution in [1.82, 2.24) is 4.90 Å². The van der Waals surface area contributed by atoms with Gasteiger partial charge in [-0.3, -0.25) is 0 Å². The first-order chi connectivity index (χ1) is 8.81. The molecule has 0 N–H and O–H groups in total. The van der Waals surface area contributed by atoms with Gasteiger partial charge in [-0.05, 0) is 20.1 Å². The van der Waals surface area contributed by atoms with Crippen LogP contribution < -0.4 is 0 Å². The van der Waals surface area contributed by atoms with Crippen molar-refractivity contribution < 1.29 is 51.8 Å². The molecule has 136 valence electrons. The van der Waals surface area contributed by atoms with Gasteiger partial charge in [0, 0.05) is 0 Å². The summed E-state index contributed by atoms with van der Waals surface area (Å²) in [4.78, 5) is 2.25. The Kier molecular flexibility index (Phi) is 26.2. The fourth-order valence-electron chi connectivity index (χ4n) is 0.224. The fourth-order valence-corrected chi connectivity index (χ4v) is 0.224. The maximum atomic E-state index is 9.75. The minimum atomic E-state index is -6.00. The van der Waals surface area contributed by atoms with Gasteiger partial charge in [0.15, 0.2) is 0 Å². The van der Waals surface area contributed by atoms with E-state index >= 15 is 0 Å². The van der Waals surface area contributed by atoms with E-state index in [4.69, 9.17) is 0 Å². The third kappa shape index (κ3) is 340. The van der Waals surface area contributed by atoms with E-state index < -0.39 is 21.8 Å². The molecule has 0 spiro atoms. The molecule has 0 atom stereocenters. The topological polar surface area (TPSA) is 3.24 Å². The zero-order chi connectivity index (χ0) is 18.5. The van der Waals surface area contributed by atoms with E-state index in [0.717, 1.165) is 13.1 Å². The molecule has 0 fully saturated rings. The van der Waals surface area contributed by atoms with E-state index in [1.54, 1.807) is 0 Å². The zero-order valence-electron chi connectivity index (χ0n) is 11.1. The van der Waals surface area contributed by atoms with E-state index in [2.05, 4.69) is 25.8 Å². The maximum absolute atomic E-state index is 9.75. The van der Waals surface area contributed by atoms with Crippen LogP contribution in [0.15, 0.2) is 0 Å². The van der Waals surface area contributed by atoms with Crippen LogP contribution in [0.1, 0.15) is 13.8 Å². The number of hydrogen-bond acceptors (Lipinski definition) is 1. The molecular formula is C5H14B3F12KN-3. The van der Waals surface area contributed by atoms with Gasteiger partial charge in [0.05, 0.1) is 0 Å². The second-order valence-electron chi connectivity index (χ2n) is 2.97. The van der Waals surface area contributed by atoms with Gasteiger partial charge in [0.25, 0.3) is 0 Å². The van der Waals surface area contributed by atoms with Crippen LogP contribution in [0.3, 0.4) is 0 Å². The van der Waals surface area contributed by atoms with Crippen molar-refractivity contribution in [2.45, 2.75) is 13.8 Å². The summed E-state index contributed by atoms with van der Waals surface area (Å²) in [5, 5.41) is 0. The minimum absolute atomic E-state index is 0. The van der Waals surface area contributed by atoms with E-state index in [0.29, 0.717) is 0 Å². The van der Waals surface area contributed by atoms with Gasteiger partial charge >= 0.3 is 73.1 Å². The predicted molar refractivity (Wildman–Crippen MR) is 66.6 cm³/mol. The van der Waals surface area contributed by atoms with Crippen LogP contribution in [0.2, 0.25) is 0 Å². The zero-order valence-corrected chi connectivity index (χ0v) is 11.1.